The summed E-state index contributed by atoms with van der Waals surface area (Å²) in [5.74, 6) is 0.773. The Hall–Kier alpha value is -1.38. The number of β-amino-alcohol motifs (C(OH)–C–C–N with tert-alkyl or cyclic N) is 1. The maximum Gasteiger partial charge on any atom is 0.187 e. The van der Waals surface area contributed by atoms with Gasteiger partial charge in [0.15, 0.2) is 6.29 Å². The third kappa shape index (κ3) is 6.40. The van der Waals surface area contributed by atoms with Crippen molar-refractivity contribution < 1.29 is 50.0 Å². The van der Waals surface area contributed by atoms with Crippen molar-refractivity contribution in [2.45, 2.75) is 67.9 Å². The minimum Gasteiger partial charge on any atom is -0.494 e. The zero-order valence-electron chi connectivity index (χ0n) is 18.3. The van der Waals surface area contributed by atoms with Crippen LogP contribution in [0.4, 0.5) is 0 Å². The third-order valence-corrected chi connectivity index (χ3v) is 6.18. The van der Waals surface area contributed by atoms with Crippen LogP contribution in [0.2, 0.25) is 0 Å². The van der Waals surface area contributed by atoms with E-state index in [1.807, 2.05) is 30.3 Å². The van der Waals surface area contributed by atoms with Crippen molar-refractivity contribution in [3.05, 3.63) is 30.3 Å². The molecule has 7 N–H and O–H groups in total. The van der Waals surface area contributed by atoms with Gasteiger partial charge in [0.2, 0.25) is 0 Å². The smallest absolute Gasteiger partial charge is 0.187 e. The van der Waals surface area contributed by atoms with Gasteiger partial charge in [0, 0.05) is 6.54 Å². The van der Waals surface area contributed by atoms with Crippen LogP contribution in [-0.2, 0) is 9.47 Å². The number of aliphatic hydroxyl groups is 7. The Balaban J connectivity index is 1.57. The molecule has 3 rings (SSSR count). The fourth-order valence-corrected chi connectivity index (χ4v) is 4.24. The van der Waals surface area contributed by atoms with Crippen LogP contribution in [0.15, 0.2) is 30.3 Å². The molecule has 2 heterocycles. The van der Waals surface area contributed by atoms with E-state index < -0.39 is 68.3 Å². The number of nitrogens with zero attached hydrogens (tertiary/aromatic N) is 1. The lowest BCUT2D eigenvalue weighted by atomic mass is 9.93. The molecule has 2 aliphatic heterocycles. The molecule has 0 spiro atoms. The van der Waals surface area contributed by atoms with Crippen LogP contribution in [-0.4, -0.2) is 129 Å². The maximum atomic E-state index is 10.5. The molecule has 2 aliphatic rings. The quantitative estimate of drug-likeness (QED) is 0.178. The number of ether oxygens (including phenoxy) is 3. The van der Waals surface area contributed by atoms with Crippen LogP contribution in [0, 0.1) is 0 Å². The Labute approximate surface area is 192 Å². The third-order valence-electron chi connectivity index (χ3n) is 6.18. The van der Waals surface area contributed by atoms with E-state index in [0.29, 0.717) is 19.6 Å². The first-order valence-corrected chi connectivity index (χ1v) is 11.2. The second-order valence-electron chi connectivity index (χ2n) is 8.47. The maximum absolute atomic E-state index is 10.5. The van der Waals surface area contributed by atoms with Gasteiger partial charge in [-0.1, -0.05) is 18.2 Å². The summed E-state index contributed by atoms with van der Waals surface area (Å²) in [5.41, 5.74) is 0. The van der Waals surface area contributed by atoms with Gasteiger partial charge < -0.3 is 50.0 Å². The highest BCUT2D eigenvalue weighted by Crippen LogP contribution is 2.28. The van der Waals surface area contributed by atoms with Crippen LogP contribution in [0.25, 0.3) is 0 Å². The van der Waals surface area contributed by atoms with Crippen LogP contribution in [0.1, 0.15) is 12.8 Å². The van der Waals surface area contributed by atoms with Gasteiger partial charge in [-0.2, -0.15) is 0 Å². The van der Waals surface area contributed by atoms with Gasteiger partial charge in [-0.05, 0) is 31.5 Å². The highest BCUT2D eigenvalue weighted by molar-refractivity contribution is 5.20. The summed E-state index contributed by atoms with van der Waals surface area (Å²) in [6, 6.07) is 8.69. The van der Waals surface area contributed by atoms with Crippen LogP contribution < -0.4 is 4.74 Å². The van der Waals surface area contributed by atoms with Gasteiger partial charge in [0.25, 0.3) is 0 Å². The van der Waals surface area contributed by atoms with Crippen LogP contribution >= 0.6 is 0 Å². The molecule has 0 aliphatic carbocycles. The normalized spacial score (nSPS) is 37.7. The molecule has 1 aromatic rings. The van der Waals surface area contributed by atoms with E-state index in [2.05, 4.69) is 0 Å². The number of benzene rings is 1. The summed E-state index contributed by atoms with van der Waals surface area (Å²) in [6.07, 6.45) is -9.80. The fourth-order valence-electron chi connectivity index (χ4n) is 4.24. The Bertz CT molecular complexity index is 695. The monoisotopic (exact) mass is 473 g/mol. The molecule has 9 atom stereocenters. The van der Waals surface area contributed by atoms with Crippen molar-refractivity contribution in [3.8, 4) is 5.75 Å². The topological polar surface area (TPSA) is 173 Å². The number of rotatable bonds is 10. The highest BCUT2D eigenvalue weighted by Gasteiger charge is 2.49. The summed E-state index contributed by atoms with van der Waals surface area (Å²) < 4.78 is 16.7. The Morgan fingerprint density at radius 2 is 1.61 bits per heavy atom. The van der Waals surface area contributed by atoms with E-state index in [4.69, 9.17) is 14.2 Å². The number of unbranched alkanes of at least 4 members (excludes halogenated alkanes) is 1. The van der Waals surface area contributed by atoms with Crippen molar-refractivity contribution >= 4 is 0 Å². The average molecular weight is 474 g/mol. The molecule has 188 valence electrons. The van der Waals surface area contributed by atoms with Crippen LogP contribution in [0.3, 0.4) is 0 Å². The average Bonchev–Trinajstić information content (AvgIpc) is 2.82. The summed E-state index contributed by atoms with van der Waals surface area (Å²) in [6.45, 7) is 0.0768. The number of piperidine rings is 1. The summed E-state index contributed by atoms with van der Waals surface area (Å²) in [4.78, 5) is 1.79. The molecule has 0 amide bonds. The standard InChI is InChI=1S/C22H35NO10/c24-11-14-21(33-22-20(30)19(29)18(28)16(12-25)32-22)17(27)15(26)10-23(14)8-4-5-9-31-13-6-2-1-3-7-13/h1-3,6-7,14-22,24-30H,4-5,8-12H2/t14-,15+,16-,17-,18-,19+,20-,21-,22-/m1/s1. The zero-order chi connectivity index (χ0) is 24.0. The van der Waals surface area contributed by atoms with Gasteiger partial charge in [-0.3, -0.25) is 4.90 Å². The van der Waals surface area contributed by atoms with Crippen molar-refractivity contribution in [2.75, 3.05) is 32.9 Å². The fraction of sp³-hybridized carbons (Fsp3) is 0.727. The van der Waals surface area contributed by atoms with E-state index in [0.717, 1.165) is 12.2 Å². The summed E-state index contributed by atoms with van der Waals surface area (Å²) in [7, 11) is 0. The first-order valence-electron chi connectivity index (χ1n) is 11.2. The molecular weight excluding hydrogens is 438 g/mol. The number of hydrogen-bond donors (Lipinski definition) is 7. The Morgan fingerprint density at radius 3 is 2.27 bits per heavy atom. The lowest BCUT2D eigenvalue weighted by Gasteiger charge is -2.48. The van der Waals surface area contributed by atoms with E-state index in [9.17, 15) is 35.7 Å². The SMILES string of the molecule is OC[C@@H]1[C@@H](O[C@H]2O[C@H](CO)[C@@H](O)[C@H](O)[C@H]2O)[C@H](O)[C@@H](O)CN1CCCCOc1ccccc1. The van der Waals surface area contributed by atoms with Crippen molar-refractivity contribution in [2.24, 2.45) is 0 Å². The Kier molecular flexibility index (Phi) is 9.82. The lowest BCUT2D eigenvalue weighted by Crippen LogP contribution is -2.66. The molecule has 11 nitrogen and oxygen atoms in total. The number of likely N-dealkylation sites (tertiary alicyclic amines) is 1. The van der Waals surface area contributed by atoms with Gasteiger partial charge in [0.05, 0.1) is 32.0 Å². The predicted octanol–water partition coefficient (Wildman–Crippen LogP) is -2.57. The van der Waals surface area contributed by atoms with Gasteiger partial charge in [0.1, 0.15) is 42.4 Å². The van der Waals surface area contributed by atoms with Gasteiger partial charge in [-0.15, -0.1) is 0 Å². The molecule has 0 bridgehead atoms. The largest absolute Gasteiger partial charge is 0.494 e. The van der Waals surface area contributed by atoms with Gasteiger partial charge >= 0.3 is 0 Å². The van der Waals surface area contributed by atoms with E-state index in [1.54, 1.807) is 4.90 Å². The molecule has 0 saturated carbocycles. The molecule has 33 heavy (non-hydrogen) atoms. The Morgan fingerprint density at radius 1 is 0.879 bits per heavy atom. The molecule has 0 unspecified atom stereocenters. The molecule has 1 aromatic carbocycles. The predicted molar refractivity (Wildman–Crippen MR) is 114 cm³/mol. The number of hydrogen-bond acceptors (Lipinski definition) is 11. The minimum absolute atomic E-state index is 0.112. The molecular formula is C22H35NO10. The van der Waals surface area contributed by atoms with E-state index in [1.165, 1.54) is 0 Å². The second-order valence-corrected chi connectivity index (χ2v) is 8.47. The molecule has 11 heteroatoms. The summed E-state index contributed by atoms with van der Waals surface area (Å²) in [5, 5.41) is 70.4. The number of para-hydroxylation sites is 1. The van der Waals surface area contributed by atoms with E-state index in [-0.39, 0.29) is 6.54 Å². The minimum atomic E-state index is -1.66. The van der Waals surface area contributed by atoms with Crippen LogP contribution in [0.5, 0.6) is 5.75 Å². The van der Waals surface area contributed by atoms with Crippen molar-refractivity contribution in [3.63, 3.8) is 0 Å². The summed E-state index contributed by atoms with van der Waals surface area (Å²) >= 11 is 0. The molecule has 0 aromatic heterocycles. The highest BCUT2D eigenvalue weighted by atomic mass is 16.7. The molecule has 2 fully saturated rings. The van der Waals surface area contributed by atoms with Crippen molar-refractivity contribution in [1.29, 1.82) is 0 Å². The van der Waals surface area contributed by atoms with Gasteiger partial charge in [-0.25, -0.2) is 0 Å². The second kappa shape index (κ2) is 12.4. The first-order chi connectivity index (χ1) is 15.9. The first kappa shape index (κ1) is 26.2. The van der Waals surface area contributed by atoms with Crippen molar-refractivity contribution in [1.82, 2.24) is 4.90 Å². The lowest BCUT2D eigenvalue weighted by molar-refractivity contribution is -0.328. The zero-order valence-corrected chi connectivity index (χ0v) is 18.3. The molecule has 2 saturated heterocycles. The number of aliphatic hydroxyl groups excluding tert-OH is 7. The van der Waals surface area contributed by atoms with E-state index >= 15 is 0 Å². The molecule has 0 radical (unpaired) electrons.